The van der Waals surface area contributed by atoms with E-state index in [0.29, 0.717) is 23.8 Å². The van der Waals surface area contributed by atoms with Gasteiger partial charge in [0.05, 0.1) is 5.02 Å². The number of phenols is 1. The summed E-state index contributed by atoms with van der Waals surface area (Å²) >= 11 is 7.91. The number of fused-ring (bicyclic) bond motifs is 2. The molecule has 1 aromatic heterocycles. The van der Waals surface area contributed by atoms with Gasteiger partial charge in [-0.25, -0.2) is 4.39 Å². The zero-order chi connectivity index (χ0) is 24.0. The number of aliphatic hydroxyl groups excluding tert-OH is 1. The highest BCUT2D eigenvalue weighted by atomic mass is 35.5. The molecular formula is C27H23ClFNO3S. The largest absolute Gasteiger partial charge is 0.508 e. The zero-order valence-corrected chi connectivity index (χ0v) is 19.9. The number of carbonyl (C=O) groups excluding carboxylic acids is 1. The Balaban J connectivity index is 1.59. The standard InChI is InChI=1S/C27H23ClFNO3S/c1-2-23(33)19-8-7-15(9-16(19)13-31)27-21-12-22(28)24(25(29)26(21)30-34-27)20-11-17(32)10-14-5-3-4-6-18(14)20/h2-6,10-12,15-16,19,31-32H,1,7-9,13H2/t15?,16-,19?/m0/s1. The Morgan fingerprint density at radius 3 is 2.79 bits per heavy atom. The molecule has 0 bridgehead atoms. The summed E-state index contributed by atoms with van der Waals surface area (Å²) < 4.78 is 20.3. The molecule has 0 aliphatic heterocycles. The maximum Gasteiger partial charge on any atom is 0.159 e. The van der Waals surface area contributed by atoms with Crippen LogP contribution < -0.4 is 0 Å². The van der Waals surface area contributed by atoms with Crippen molar-refractivity contribution in [1.29, 1.82) is 0 Å². The van der Waals surface area contributed by atoms with E-state index in [-0.39, 0.29) is 52.0 Å². The molecule has 0 spiro atoms. The number of allylic oxidation sites excluding steroid dienone is 1. The number of hydrogen-bond donors (Lipinski definition) is 2. The van der Waals surface area contributed by atoms with Crippen LogP contribution in [-0.4, -0.2) is 27.0 Å². The molecule has 3 atom stereocenters. The molecular weight excluding hydrogens is 473 g/mol. The van der Waals surface area contributed by atoms with Gasteiger partial charge in [-0.15, -0.1) is 0 Å². The number of rotatable bonds is 5. The molecule has 3 aromatic carbocycles. The van der Waals surface area contributed by atoms with Crippen LogP contribution in [0.2, 0.25) is 5.02 Å². The van der Waals surface area contributed by atoms with Crippen LogP contribution in [0.4, 0.5) is 4.39 Å². The van der Waals surface area contributed by atoms with Gasteiger partial charge in [-0.05, 0) is 83.2 Å². The molecule has 1 aliphatic carbocycles. The number of carbonyl (C=O) groups is 1. The quantitative estimate of drug-likeness (QED) is 0.297. The van der Waals surface area contributed by atoms with Crippen molar-refractivity contribution in [3.63, 3.8) is 0 Å². The second-order valence-corrected chi connectivity index (χ2v) is 10.1. The molecule has 34 heavy (non-hydrogen) atoms. The summed E-state index contributed by atoms with van der Waals surface area (Å²) in [5, 5.41) is 22.6. The van der Waals surface area contributed by atoms with Gasteiger partial charge in [0, 0.05) is 28.4 Å². The first-order valence-corrected chi connectivity index (χ1v) is 12.3. The van der Waals surface area contributed by atoms with Crippen molar-refractivity contribution in [3.05, 3.63) is 70.8 Å². The number of nitrogens with zero attached hydrogens (tertiary/aromatic N) is 1. The molecule has 2 N–H and O–H groups in total. The fourth-order valence-corrected chi connectivity index (χ4v) is 6.58. The summed E-state index contributed by atoms with van der Waals surface area (Å²) in [6.07, 6.45) is 3.34. The smallest absolute Gasteiger partial charge is 0.159 e. The highest BCUT2D eigenvalue weighted by Gasteiger charge is 2.35. The SMILES string of the molecule is C=CC(=O)C1CCC(c2snc3c(F)c(-c4cc(O)cc5ccccc45)c(Cl)cc23)C[C@H]1CO. The summed E-state index contributed by atoms with van der Waals surface area (Å²) in [5.74, 6) is -0.865. The van der Waals surface area contributed by atoms with E-state index >= 15 is 4.39 Å². The van der Waals surface area contributed by atoms with Crippen LogP contribution in [0.3, 0.4) is 0 Å². The Labute approximate surface area is 205 Å². The molecule has 5 rings (SSSR count). The minimum atomic E-state index is -0.519. The number of phenolic OH excluding ortho intramolecular Hbond substituents is 1. The number of halogens is 2. The molecule has 0 saturated heterocycles. The lowest BCUT2D eigenvalue weighted by Crippen LogP contribution is -2.31. The Hall–Kier alpha value is -2.80. The Kier molecular flexibility index (Phi) is 6.15. The van der Waals surface area contributed by atoms with E-state index < -0.39 is 5.82 Å². The van der Waals surface area contributed by atoms with Gasteiger partial charge >= 0.3 is 0 Å². The second-order valence-electron chi connectivity index (χ2n) is 8.87. The van der Waals surface area contributed by atoms with Crippen LogP contribution in [0.25, 0.3) is 32.8 Å². The number of benzene rings is 3. The highest BCUT2D eigenvalue weighted by Crippen LogP contribution is 2.47. The predicted octanol–water partition coefficient (Wildman–Crippen LogP) is 6.86. The summed E-state index contributed by atoms with van der Waals surface area (Å²) in [6.45, 7) is 3.50. The molecule has 0 radical (unpaired) electrons. The van der Waals surface area contributed by atoms with Crippen LogP contribution in [-0.2, 0) is 4.79 Å². The molecule has 1 heterocycles. The summed E-state index contributed by atoms with van der Waals surface area (Å²) in [6, 6.07) is 12.4. The van der Waals surface area contributed by atoms with E-state index in [9.17, 15) is 15.0 Å². The van der Waals surface area contributed by atoms with E-state index in [1.165, 1.54) is 23.7 Å². The van der Waals surface area contributed by atoms with Crippen LogP contribution >= 0.6 is 23.1 Å². The lowest BCUT2D eigenvalue weighted by Gasteiger charge is -2.33. The third-order valence-electron chi connectivity index (χ3n) is 6.96. The predicted molar refractivity (Wildman–Crippen MR) is 135 cm³/mol. The number of ketones is 1. The van der Waals surface area contributed by atoms with Gasteiger partial charge < -0.3 is 10.2 Å². The molecule has 2 unspecified atom stereocenters. The molecule has 4 aromatic rings. The fourth-order valence-electron chi connectivity index (χ4n) is 5.30. The molecule has 1 aliphatic rings. The molecule has 7 heteroatoms. The minimum absolute atomic E-state index is 0.0316. The molecule has 1 fully saturated rings. The average Bonchev–Trinajstić information content (AvgIpc) is 3.27. The van der Waals surface area contributed by atoms with Crippen molar-refractivity contribution >= 4 is 50.6 Å². The van der Waals surface area contributed by atoms with Crippen molar-refractivity contribution in [1.82, 2.24) is 4.37 Å². The van der Waals surface area contributed by atoms with Gasteiger partial charge in [-0.3, -0.25) is 4.79 Å². The molecule has 1 saturated carbocycles. The number of aromatic hydroxyl groups is 1. The first-order valence-electron chi connectivity index (χ1n) is 11.2. The normalized spacial score (nSPS) is 20.6. The maximum absolute atomic E-state index is 15.9. The van der Waals surface area contributed by atoms with E-state index in [2.05, 4.69) is 11.0 Å². The first-order chi connectivity index (χ1) is 16.4. The van der Waals surface area contributed by atoms with Gasteiger partial charge in [0.2, 0.25) is 0 Å². The first kappa shape index (κ1) is 23.0. The van der Waals surface area contributed by atoms with Gasteiger partial charge in [0.15, 0.2) is 11.6 Å². The highest BCUT2D eigenvalue weighted by molar-refractivity contribution is 7.07. The average molecular weight is 496 g/mol. The van der Waals surface area contributed by atoms with Crippen LogP contribution in [0.1, 0.15) is 30.1 Å². The van der Waals surface area contributed by atoms with Crippen LogP contribution in [0.5, 0.6) is 5.75 Å². The number of aliphatic hydroxyl groups is 1. The Bertz CT molecular complexity index is 1430. The maximum atomic E-state index is 15.9. The molecule has 174 valence electrons. The van der Waals surface area contributed by atoms with Crippen molar-refractivity contribution in [3.8, 4) is 16.9 Å². The summed E-state index contributed by atoms with van der Waals surface area (Å²) in [5.41, 5.74) is 0.974. The monoisotopic (exact) mass is 495 g/mol. The second kappa shape index (κ2) is 9.10. The van der Waals surface area contributed by atoms with Crippen molar-refractivity contribution in [2.45, 2.75) is 25.2 Å². The van der Waals surface area contributed by atoms with Crippen molar-refractivity contribution < 1.29 is 19.4 Å². The lowest BCUT2D eigenvalue weighted by atomic mass is 9.72. The third-order valence-corrected chi connectivity index (χ3v) is 8.29. The van der Waals surface area contributed by atoms with Crippen LogP contribution in [0.15, 0.2) is 55.1 Å². The van der Waals surface area contributed by atoms with Gasteiger partial charge in [0.1, 0.15) is 11.3 Å². The number of hydrogen-bond acceptors (Lipinski definition) is 5. The Morgan fingerprint density at radius 1 is 1.24 bits per heavy atom. The van der Waals surface area contributed by atoms with E-state index in [1.807, 2.05) is 24.3 Å². The molecule has 4 nitrogen and oxygen atoms in total. The Morgan fingerprint density at radius 2 is 2.03 bits per heavy atom. The van der Waals surface area contributed by atoms with Crippen molar-refractivity contribution in [2.24, 2.45) is 11.8 Å². The topological polar surface area (TPSA) is 70.4 Å². The summed E-state index contributed by atoms with van der Waals surface area (Å²) in [7, 11) is 0. The van der Waals surface area contributed by atoms with E-state index in [0.717, 1.165) is 22.1 Å². The van der Waals surface area contributed by atoms with E-state index in [4.69, 9.17) is 11.6 Å². The minimum Gasteiger partial charge on any atom is -0.508 e. The lowest BCUT2D eigenvalue weighted by molar-refractivity contribution is -0.121. The molecule has 0 amide bonds. The van der Waals surface area contributed by atoms with Gasteiger partial charge in [-0.2, -0.15) is 4.37 Å². The van der Waals surface area contributed by atoms with Crippen LogP contribution in [0, 0.1) is 17.7 Å². The number of aromatic nitrogens is 1. The van der Waals surface area contributed by atoms with Gasteiger partial charge in [-0.1, -0.05) is 42.4 Å². The fraction of sp³-hybridized carbons (Fsp3) is 0.259. The zero-order valence-electron chi connectivity index (χ0n) is 18.3. The van der Waals surface area contributed by atoms with E-state index in [1.54, 1.807) is 12.1 Å². The van der Waals surface area contributed by atoms with Crippen molar-refractivity contribution in [2.75, 3.05) is 6.61 Å². The van der Waals surface area contributed by atoms with Gasteiger partial charge in [0.25, 0.3) is 0 Å². The third kappa shape index (κ3) is 3.80. The summed E-state index contributed by atoms with van der Waals surface area (Å²) in [4.78, 5) is 13.1.